The summed E-state index contributed by atoms with van der Waals surface area (Å²) in [6, 6.07) is 0.652. The minimum absolute atomic E-state index is 0.426. The minimum atomic E-state index is 0.426. The summed E-state index contributed by atoms with van der Waals surface area (Å²) in [7, 11) is 0. The molecule has 4 heteroatoms. The zero-order chi connectivity index (χ0) is 7.97. The summed E-state index contributed by atoms with van der Waals surface area (Å²) in [6.45, 7) is 3.04. The average Bonchev–Trinajstić information content (AvgIpc) is 2.49. The predicted molar refractivity (Wildman–Crippen MR) is 46.4 cm³/mol. The third kappa shape index (κ3) is 0.888. The van der Waals surface area contributed by atoms with Gasteiger partial charge in [0.2, 0.25) is 0 Å². The van der Waals surface area contributed by atoms with Gasteiger partial charge in [0.15, 0.2) is 0 Å². The summed E-state index contributed by atoms with van der Waals surface area (Å²) in [5.74, 6) is 0. The van der Waals surface area contributed by atoms with Crippen molar-refractivity contribution in [3.63, 3.8) is 0 Å². The van der Waals surface area contributed by atoms with E-state index in [1.165, 1.54) is 17.7 Å². The Bertz CT molecular complexity index is 235. The second-order valence-electron chi connectivity index (χ2n) is 3.69. The van der Waals surface area contributed by atoms with Crippen molar-refractivity contribution in [1.29, 1.82) is 0 Å². The second-order valence-corrected chi connectivity index (χ2v) is 3.69. The van der Waals surface area contributed by atoms with Gasteiger partial charge in [-0.25, -0.2) is 0 Å². The van der Waals surface area contributed by atoms with E-state index in [-0.39, 0.29) is 0 Å². The third-order valence-electron chi connectivity index (χ3n) is 2.90. The Morgan fingerprint density at radius 2 is 2.33 bits per heavy atom. The molecule has 3 aliphatic rings. The van der Waals surface area contributed by atoms with Crippen molar-refractivity contribution in [3.8, 4) is 0 Å². The van der Waals surface area contributed by atoms with Gasteiger partial charge < -0.3 is 10.6 Å². The van der Waals surface area contributed by atoms with Crippen molar-refractivity contribution in [1.82, 2.24) is 21.3 Å². The predicted octanol–water partition coefficient (Wildman–Crippen LogP) is -1.32. The van der Waals surface area contributed by atoms with Gasteiger partial charge in [0, 0.05) is 37.9 Å². The van der Waals surface area contributed by atoms with Crippen LogP contribution in [0.1, 0.15) is 6.42 Å². The highest BCUT2D eigenvalue weighted by molar-refractivity contribution is 5.28. The fourth-order valence-corrected chi connectivity index (χ4v) is 2.27. The van der Waals surface area contributed by atoms with Gasteiger partial charge in [-0.3, -0.25) is 10.6 Å². The summed E-state index contributed by atoms with van der Waals surface area (Å²) in [6.07, 6.45) is 1.62. The first-order valence-electron chi connectivity index (χ1n) is 4.59. The SMILES string of the molecule is C1NCC2=C3CC(CN3)NC2N1. The normalized spacial score (nSPS) is 39.3. The van der Waals surface area contributed by atoms with Crippen molar-refractivity contribution in [2.24, 2.45) is 0 Å². The van der Waals surface area contributed by atoms with Crippen LogP contribution >= 0.6 is 0 Å². The van der Waals surface area contributed by atoms with Crippen LogP contribution < -0.4 is 21.3 Å². The van der Waals surface area contributed by atoms with Crippen LogP contribution in [0.15, 0.2) is 11.3 Å². The Morgan fingerprint density at radius 3 is 3.33 bits per heavy atom. The standard InChI is InChI=1S/C8H14N4/c1-5-2-10-7(1)6-3-9-4-11-8(6)12-5/h5,8-12H,1-4H2. The first-order valence-corrected chi connectivity index (χ1v) is 4.59. The molecule has 3 aliphatic heterocycles. The van der Waals surface area contributed by atoms with Crippen molar-refractivity contribution < 1.29 is 0 Å². The van der Waals surface area contributed by atoms with E-state index in [1.54, 1.807) is 0 Å². The lowest BCUT2D eigenvalue weighted by Gasteiger charge is -2.33. The molecule has 0 saturated carbocycles. The van der Waals surface area contributed by atoms with E-state index in [9.17, 15) is 0 Å². The first-order chi connectivity index (χ1) is 5.93. The highest BCUT2D eigenvalue weighted by Crippen LogP contribution is 2.23. The smallest absolute Gasteiger partial charge is 0.0839 e. The van der Waals surface area contributed by atoms with E-state index >= 15 is 0 Å². The fraction of sp³-hybridized carbons (Fsp3) is 0.750. The maximum atomic E-state index is 3.58. The molecule has 3 rings (SSSR count). The molecule has 4 N–H and O–H groups in total. The number of hydrogen-bond acceptors (Lipinski definition) is 4. The van der Waals surface area contributed by atoms with Crippen molar-refractivity contribution in [3.05, 3.63) is 11.3 Å². The second kappa shape index (κ2) is 2.45. The lowest BCUT2D eigenvalue weighted by Crippen LogP contribution is -2.57. The largest absolute Gasteiger partial charge is 0.387 e. The number of hydrogen-bond donors (Lipinski definition) is 4. The Labute approximate surface area is 71.8 Å². The quantitative estimate of drug-likeness (QED) is 0.360. The molecule has 2 atom stereocenters. The summed E-state index contributed by atoms with van der Waals surface area (Å²) >= 11 is 0. The molecule has 2 unspecified atom stereocenters. The van der Waals surface area contributed by atoms with Gasteiger partial charge in [0.1, 0.15) is 0 Å². The van der Waals surface area contributed by atoms with Crippen molar-refractivity contribution in [2.75, 3.05) is 19.8 Å². The number of nitrogens with one attached hydrogen (secondary N) is 4. The molecule has 3 heterocycles. The van der Waals surface area contributed by atoms with E-state index < -0.39 is 0 Å². The first kappa shape index (κ1) is 6.88. The van der Waals surface area contributed by atoms with E-state index in [1.807, 2.05) is 0 Å². The van der Waals surface area contributed by atoms with Crippen LogP contribution in [0.25, 0.3) is 0 Å². The molecule has 0 spiro atoms. The van der Waals surface area contributed by atoms with Crippen molar-refractivity contribution in [2.45, 2.75) is 18.6 Å². The van der Waals surface area contributed by atoms with Gasteiger partial charge in [-0.15, -0.1) is 0 Å². The van der Waals surface area contributed by atoms with E-state index in [0.717, 1.165) is 19.8 Å². The molecule has 0 aliphatic carbocycles. The Morgan fingerprint density at radius 1 is 1.33 bits per heavy atom. The fourth-order valence-electron chi connectivity index (χ4n) is 2.27. The average molecular weight is 166 g/mol. The molecule has 2 saturated heterocycles. The minimum Gasteiger partial charge on any atom is -0.387 e. The molecular formula is C8H14N4. The molecular weight excluding hydrogens is 152 g/mol. The maximum Gasteiger partial charge on any atom is 0.0839 e. The van der Waals surface area contributed by atoms with Crippen LogP contribution in [-0.4, -0.2) is 32.0 Å². The van der Waals surface area contributed by atoms with Gasteiger partial charge in [-0.2, -0.15) is 0 Å². The molecule has 2 bridgehead atoms. The van der Waals surface area contributed by atoms with Gasteiger partial charge in [-0.1, -0.05) is 0 Å². The lowest BCUT2D eigenvalue weighted by molar-refractivity contribution is 0.360. The number of rotatable bonds is 0. The van der Waals surface area contributed by atoms with E-state index in [2.05, 4.69) is 21.3 Å². The van der Waals surface area contributed by atoms with Crippen LogP contribution in [0.4, 0.5) is 0 Å². The maximum absolute atomic E-state index is 3.58. The molecule has 0 aromatic heterocycles. The topological polar surface area (TPSA) is 48.1 Å². The summed E-state index contributed by atoms with van der Waals surface area (Å²) < 4.78 is 0. The highest BCUT2D eigenvalue weighted by Gasteiger charge is 2.33. The van der Waals surface area contributed by atoms with Gasteiger partial charge in [-0.05, 0) is 5.57 Å². The molecule has 4 nitrogen and oxygen atoms in total. The molecule has 0 aromatic carbocycles. The van der Waals surface area contributed by atoms with Gasteiger partial charge in [0.25, 0.3) is 0 Å². The van der Waals surface area contributed by atoms with Gasteiger partial charge >= 0.3 is 0 Å². The summed E-state index contributed by atoms with van der Waals surface area (Å²) in [4.78, 5) is 0. The highest BCUT2D eigenvalue weighted by atomic mass is 15.3. The Balaban J connectivity index is 1.96. The molecule has 66 valence electrons. The summed E-state index contributed by atoms with van der Waals surface area (Å²) in [5, 5.41) is 13.7. The van der Waals surface area contributed by atoms with Crippen molar-refractivity contribution >= 4 is 0 Å². The third-order valence-corrected chi connectivity index (χ3v) is 2.90. The summed E-state index contributed by atoms with van der Waals surface area (Å²) in [5.41, 5.74) is 2.94. The van der Waals surface area contributed by atoms with E-state index in [4.69, 9.17) is 0 Å². The van der Waals surface area contributed by atoms with Crippen LogP contribution in [-0.2, 0) is 0 Å². The molecule has 0 aromatic rings. The lowest BCUT2D eigenvalue weighted by atomic mass is 10.0. The molecule has 12 heavy (non-hydrogen) atoms. The number of fused-ring (bicyclic) bond motifs is 3. The van der Waals surface area contributed by atoms with Crippen LogP contribution in [0.2, 0.25) is 0 Å². The molecule has 2 fully saturated rings. The van der Waals surface area contributed by atoms with Crippen LogP contribution in [0.3, 0.4) is 0 Å². The Kier molecular flexibility index (Phi) is 1.41. The van der Waals surface area contributed by atoms with Crippen LogP contribution in [0.5, 0.6) is 0 Å². The van der Waals surface area contributed by atoms with E-state index in [0.29, 0.717) is 12.2 Å². The zero-order valence-electron chi connectivity index (χ0n) is 6.98. The monoisotopic (exact) mass is 166 g/mol. The molecule has 0 radical (unpaired) electrons. The molecule has 0 amide bonds. The zero-order valence-corrected chi connectivity index (χ0v) is 6.98. The van der Waals surface area contributed by atoms with Crippen LogP contribution in [0, 0.1) is 0 Å². The Hall–Kier alpha value is -0.580. The van der Waals surface area contributed by atoms with Gasteiger partial charge in [0.05, 0.1) is 6.17 Å².